The maximum absolute atomic E-state index is 12.5. The van der Waals surface area contributed by atoms with Gasteiger partial charge in [0.05, 0.1) is 11.0 Å². The molecule has 2 rings (SSSR count). The van der Waals surface area contributed by atoms with E-state index in [-0.39, 0.29) is 11.7 Å². The van der Waals surface area contributed by atoms with Crippen LogP contribution in [0.5, 0.6) is 0 Å². The Kier molecular flexibility index (Phi) is 9.64. The lowest BCUT2D eigenvalue weighted by molar-refractivity contribution is 0.136. The Bertz CT molecular complexity index is 960. The van der Waals surface area contributed by atoms with Crippen LogP contribution in [0.1, 0.15) is 30.9 Å². The van der Waals surface area contributed by atoms with Crippen molar-refractivity contribution in [2.45, 2.75) is 30.8 Å². The molecule has 0 saturated carbocycles. The Labute approximate surface area is 191 Å². The van der Waals surface area contributed by atoms with E-state index in [1.807, 2.05) is 36.2 Å². The van der Waals surface area contributed by atoms with Gasteiger partial charge in [-0.1, -0.05) is 26.0 Å². The Morgan fingerprint density at radius 2 is 1.75 bits per heavy atom. The molecule has 2 aromatic rings. The summed E-state index contributed by atoms with van der Waals surface area (Å²) in [6.45, 7) is 6.06. The molecule has 0 saturated heterocycles. The predicted octanol–water partition coefficient (Wildman–Crippen LogP) is 1.82. The van der Waals surface area contributed by atoms with E-state index >= 15 is 0 Å². The third-order valence-electron chi connectivity index (χ3n) is 5.13. The molecule has 0 aliphatic carbocycles. The average Bonchev–Trinajstić information content (AvgIpc) is 2.75. The van der Waals surface area contributed by atoms with E-state index in [0.29, 0.717) is 42.6 Å². The number of nitrogen functional groups attached to an aromatic ring is 1. The highest BCUT2D eigenvalue weighted by Gasteiger charge is 2.14. The second kappa shape index (κ2) is 12.0. The van der Waals surface area contributed by atoms with Crippen molar-refractivity contribution in [1.29, 1.82) is 5.41 Å². The molecule has 6 N–H and O–H groups in total. The van der Waals surface area contributed by atoms with E-state index in [0.717, 1.165) is 11.3 Å². The lowest BCUT2D eigenvalue weighted by Gasteiger charge is -2.21. The minimum atomic E-state index is -3.38. The molecular formula is C23H35N5O3S. The fraction of sp³-hybridized carbons (Fsp3) is 0.435. The van der Waals surface area contributed by atoms with Crippen molar-refractivity contribution in [3.05, 3.63) is 59.7 Å². The summed E-state index contributed by atoms with van der Waals surface area (Å²) in [4.78, 5) is 2.27. The van der Waals surface area contributed by atoms with Gasteiger partial charge in [0.25, 0.3) is 0 Å². The van der Waals surface area contributed by atoms with Gasteiger partial charge in [0.1, 0.15) is 11.7 Å². The topological polar surface area (TPSA) is 132 Å². The van der Waals surface area contributed by atoms with Gasteiger partial charge in [-0.3, -0.25) is 5.41 Å². The van der Waals surface area contributed by atoms with Crippen LogP contribution in [0, 0.1) is 5.41 Å². The van der Waals surface area contributed by atoms with E-state index in [1.54, 1.807) is 24.3 Å². The van der Waals surface area contributed by atoms with Crippen LogP contribution in [0.3, 0.4) is 0 Å². The highest BCUT2D eigenvalue weighted by molar-refractivity contribution is 7.91. The molecule has 1 unspecified atom stereocenters. The molecule has 32 heavy (non-hydrogen) atoms. The Balaban J connectivity index is 1.68. The first kappa shape index (κ1) is 25.8. The van der Waals surface area contributed by atoms with Crippen LogP contribution in [0.4, 0.5) is 5.69 Å². The number of rotatable bonds is 13. The lowest BCUT2D eigenvalue weighted by atomic mass is 10.0. The van der Waals surface area contributed by atoms with Crippen LogP contribution in [0.15, 0.2) is 53.4 Å². The predicted molar refractivity (Wildman–Crippen MR) is 130 cm³/mol. The summed E-state index contributed by atoms with van der Waals surface area (Å²) in [5.41, 5.74) is 8.04. The van der Waals surface area contributed by atoms with Crippen LogP contribution >= 0.6 is 0 Å². The molecule has 0 fully saturated rings. The summed E-state index contributed by atoms with van der Waals surface area (Å²) >= 11 is 0. The van der Waals surface area contributed by atoms with Gasteiger partial charge in [-0.25, -0.2) is 8.42 Å². The van der Waals surface area contributed by atoms with Gasteiger partial charge in [-0.2, -0.15) is 0 Å². The maximum Gasteiger partial charge on any atom is 0.191 e. The summed E-state index contributed by atoms with van der Waals surface area (Å²) in [5.74, 6) is 0.254. The number of nitrogens with two attached hydrogens (primary N) is 1. The van der Waals surface area contributed by atoms with E-state index in [9.17, 15) is 13.5 Å². The van der Waals surface area contributed by atoms with Crippen molar-refractivity contribution >= 4 is 21.4 Å². The molecule has 0 heterocycles. The molecule has 0 spiro atoms. The van der Waals surface area contributed by atoms with Gasteiger partial charge in [0, 0.05) is 37.4 Å². The first-order valence-electron chi connectivity index (χ1n) is 10.7. The molecular weight excluding hydrogens is 426 g/mol. The Hall–Kier alpha value is -2.46. The quantitative estimate of drug-likeness (QED) is 0.175. The second-order valence-electron chi connectivity index (χ2n) is 8.27. The van der Waals surface area contributed by atoms with Gasteiger partial charge < -0.3 is 26.4 Å². The fourth-order valence-electron chi connectivity index (χ4n) is 3.14. The summed E-state index contributed by atoms with van der Waals surface area (Å²) in [6.07, 6.45) is -0.587. The van der Waals surface area contributed by atoms with Crippen molar-refractivity contribution in [3.8, 4) is 0 Å². The zero-order chi connectivity index (χ0) is 23.7. The first-order chi connectivity index (χ1) is 15.1. The summed E-state index contributed by atoms with van der Waals surface area (Å²) in [5, 5.41) is 23.8. The minimum Gasteiger partial charge on any atom is -0.390 e. The average molecular weight is 462 g/mol. The molecule has 176 valence electrons. The molecule has 0 aromatic heterocycles. The van der Waals surface area contributed by atoms with Gasteiger partial charge in [-0.05, 0) is 54.9 Å². The van der Waals surface area contributed by atoms with Crippen molar-refractivity contribution < 1.29 is 13.5 Å². The normalized spacial score (nSPS) is 12.8. The highest BCUT2D eigenvalue weighted by Crippen LogP contribution is 2.17. The van der Waals surface area contributed by atoms with E-state index in [1.165, 1.54) is 0 Å². The Morgan fingerprint density at radius 1 is 1.12 bits per heavy atom. The molecule has 0 bridgehead atoms. The monoisotopic (exact) mass is 461 g/mol. The molecule has 0 amide bonds. The number of anilines is 1. The summed E-state index contributed by atoms with van der Waals surface area (Å²) < 4.78 is 24.9. The largest absolute Gasteiger partial charge is 0.390 e. The number of nitrogens with zero attached hydrogens (tertiary/aromatic N) is 1. The first-order valence-corrected chi connectivity index (χ1v) is 12.3. The second-order valence-corrected chi connectivity index (χ2v) is 10.3. The van der Waals surface area contributed by atoms with E-state index in [4.69, 9.17) is 11.1 Å². The summed E-state index contributed by atoms with van der Waals surface area (Å²) in [7, 11) is -1.50. The summed E-state index contributed by atoms with van der Waals surface area (Å²) in [6, 6.07) is 14.2. The number of benzene rings is 2. The van der Waals surface area contributed by atoms with E-state index < -0.39 is 15.9 Å². The van der Waals surface area contributed by atoms with Crippen molar-refractivity contribution in [3.63, 3.8) is 0 Å². The third-order valence-corrected chi connectivity index (χ3v) is 6.70. The van der Waals surface area contributed by atoms with Crippen molar-refractivity contribution in [2.24, 2.45) is 5.73 Å². The molecule has 8 nitrogen and oxygen atoms in total. The van der Waals surface area contributed by atoms with Crippen LogP contribution in [0.2, 0.25) is 0 Å². The zero-order valence-electron chi connectivity index (χ0n) is 19.0. The minimum absolute atomic E-state index is 0.0173. The highest BCUT2D eigenvalue weighted by atomic mass is 32.2. The lowest BCUT2D eigenvalue weighted by Crippen LogP contribution is -2.38. The van der Waals surface area contributed by atoms with Crippen molar-refractivity contribution in [1.82, 2.24) is 10.2 Å². The number of hydrogen-bond donors (Lipinski definition) is 5. The number of aliphatic hydroxyl groups excluding tert-OH is 1. The number of aliphatic hydroxyl groups is 1. The van der Waals surface area contributed by atoms with Gasteiger partial charge in [0.15, 0.2) is 9.84 Å². The molecule has 9 heteroatoms. The van der Waals surface area contributed by atoms with Crippen LogP contribution in [-0.2, 0) is 9.84 Å². The number of amidine groups is 1. The van der Waals surface area contributed by atoms with Crippen LogP contribution in [0.25, 0.3) is 0 Å². The van der Waals surface area contributed by atoms with Gasteiger partial charge in [-0.15, -0.1) is 0 Å². The Morgan fingerprint density at radius 3 is 2.31 bits per heavy atom. The molecule has 2 aromatic carbocycles. The third kappa shape index (κ3) is 8.23. The van der Waals surface area contributed by atoms with Gasteiger partial charge >= 0.3 is 0 Å². The molecule has 0 aliphatic rings. The molecule has 1 atom stereocenters. The zero-order valence-corrected chi connectivity index (χ0v) is 19.8. The number of hydrogen-bond acceptors (Lipinski definition) is 7. The standard InChI is InChI=1S/C23H35N5O3S/c1-17(2)18-6-10-22(11-7-18)32(30,31)16-26-12-13-28(3)15-21(29)14-27-20-8-4-19(5-9-20)23(24)25/h4-11,17,21,26-27,29H,12-16H2,1-3H3,(H3,24,25). The van der Waals surface area contributed by atoms with Crippen molar-refractivity contribution in [2.75, 3.05) is 44.4 Å². The maximum atomic E-state index is 12.5. The smallest absolute Gasteiger partial charge is 0.191 e. The van der Waals surface area contributed by atoms with Crippen LogP contribution < -0.4 is 16.4 Å². The number of likely N-dealkylation sites (N-methyl/N-ethyl adjacent to an activating group) is 1. The molecule has 0 aliphatic heterocycles. The van der Waals surface area contributed by atoms with Crippen LogP contribution in [-0.4, -0.2) is 69.5 Å². The SMILES string of the molecule is CC(C)c1ccc(S(=O)(=O)CNCCN(C)CC(O)CNc2ccc(C(=N)N)cc2)cc1. The number of sulfone groups is 1. The number of nitrogens with one attached hydrogen (secondary N) is 3. The van der Waals surface area contributed by atoms with E-state index in [2.05, 4.69) is 24.5 Å². The van der Waals surface area contributed by atoms with Gasteiger partial charge in [0.2, 0.25) is 0 Å². The molecule has 0 radical (unpaired) electrons. The fourth-order valence-corrected chi connectivity index (χ4v) is 4.27.